The van der Waals surface area contributed by atoms with Crippen LogP contribution in [-0.2, 0) is 9.53 Å². The van der Waals surface area contributed by atoms with Gasteiger partial charge in [-0.25, -0.2) is 4.68 Å². The number of para-hydroxylation sites is 1. The SMILES string of the molecule is COC1CCN(C(=O)/C=C/c2cnn(-c3ccccc3)c2)CC1. The van der Waals surface area contributed by atoms with Crippen LogP contribution in [0.2, 0.25) is 0 Å². The highest BCUT2D eigenvalue weighted by molar-refractivity contribution is 5.91. The molecule has 1 aliphatic heterocycles. The van der Waals surface area contributed by atoms with E-state index in [1.807, 2.05) is 47.5 Å². The molecule has 1 saturated heterocycles. The summed E-state index contributed by atoms with van der Waals surface area (Å²) in [5.41, 5.74) is 1.91. The molecule has 0 saturated carbocycles. The maximum atomic E-state index is 12.2. The van der Waals surface area contributed by atoms with E-state index in [0.29, 0.717) is 0 Å². The van der Waals surface area contributed by atoms with Gasteiger partial charge < -0.3 is 9.64 Å². The van der Waals surface area contributed by atoms with Gasteiger partial charge in [0.15, 0.2) is 0 Å². The average molecular weight is 311 g/mol. The van der Waals surface area contributed by atoms with Gasteiger partial charge in [0.05, 0.1) is 18.0 Å². The number of methoxy groups -OCH3 is 1. The number of carbonyl (C=O) groups is 1. The molecule has 1 aromatic heterocycles. The average Bonchev–Trinajstić information content (AvgIpc) is 3.09. The minimum Gasteiger partial charge on any atom is -0.381 e. The van der Waals surface area contributed by atoms with Crippen LogP contribution in [0.4, 0.5) is 0 Å². The third kappa shape index (κ3) is 3.87. The van der Waals surface area contributed by atoms with Crippen LogP contribution >= 0.6 is 0 Å². The number of amides is 1. The Morgan fingerprint density at radius 3 is 2.70 bits per heavy atom. The number of hydrogen-bond acceptors (Lipinski definition) is 3. The first-order valence-electron chi connectivity index (χ1n) is 7.86. The quantitative estimate of drug-likeness (QED) is 0.815. The van der Waals surface area contributed by atoms with Crippen LogP contribution in [0.25, 0.3) is 11.8 Å². The second-order valence-electron chi connectivity index (χ2n) is 5.65. The van der Waals surface area contributed by atoms with E-state index in [-0.39, 0.29) is 12.0 Å². The first-order chi connectivity index (χ1) is 11.3. The van der Waals surface area contributed by atoms with Gasteiger partial charge in [0.1, 0.15) is 0 Å². The van der Waals surface area contributed by atoms with Crippen molar-refractivity contribution >= 4 is 12.0 Å². The lowest BCUT2D eigenvalue weighted by atomic mass is 10.1. The monoisotopic (exact) mass is 311 g/mol. The lowest BCUT2D eigenvalue weighted by molar-refractivity contribution is -0.128. The number of nitrogens with zero attached hydrogens (tertiary/aromatic N) is 3. The molecule has 5 nitrogen and oxygen atoms in total. The topological polar surface area (TPSA) is 47.4 Å². The first-order valence-corrected chi connectivity index (χ1v) is 7.86. The standard InChI is InChI=1S/C18H21N3O2/c1-23-17-9-11-20(12-10-17)18(22)8-7-15-13-19-21(14-15)16-5-3-2-4-6-16/h2-8,13-14,17H,9-12H2,1H3/b8-7+. The fourth-order valence-electron chi connectivity index (χ4n) is 2.73. The molecule has 0 aliphatic carbocycles. The van der Waals surface area contributed by atoms with Crippen LogP contribution in [-0.4, -0.2) is 46.9 Å². The summed E-state index contributed by atoms with van der Waals surface area (Å²) in [6, 6.07) is 9.90. The van der Waals surface area contributed by atoms with Crippen molar-refractivity contribution in [1.82, 2.24) is 14.7 Å². The predicted molar refractivity (Wildman–Crippen MR) is 89.2 cm³/mol. The lowest BCUT2D eigenvalue weighted by Gasteiger charge is -2.30. The minimum absolute atomic E-state index is 0.0482. The molecule has 1 fully saturated rings. The van der Waals surface area contributed by atoms with E-state index >= 15 is 0 Å². The third-order valence-electron chi connectivity index (χ3n) is 4.13. The number of carbonyl (C=O) groups excluding carboxylic acids is 1. The van der Waals surface area contributed by atoms with Gasteiger partial charge in [-0.1, -0.05) is 18.2 Å². The van der Waals surface area contributed by atoms with E-state index in [9.17, 15) is 4.79 Å². The Bertz CT molecular complexity index is 671. The summed E-state index contributed by atoms with van der Waals surface area (Å²) < 4.78 is 7.13. The minimum atomic E-state index is 0.0482. The Morgan fingerprint density at radius 2 is 2.00 bits per heavy atom. The smallest absolute Gasteiger partial charge is 0.246 e. The summed E-state index contributed by atoms with van der Waals surface area (Å²) in [4.78, 5) is 14.1. The van der Waals surface area contributed by atoms with Gasteiger partial charge in [-0.05, 0) is 31.1 Å². The molecule has 0 atom stereocenters. The van der Waals surface area contributed by atoms with Crippen LogP contribution < -0.4 is 0 Å². The van der Waals surface area contributed by atoms with Gasteiger partial charge in [0.25, 0.3) is 0 Å². The zero-order valence-corrected chi connectivity index (χ0v) is 13.3. The molecule has 0 N–H and O–H groups in total. The number of ether oxygens (including phenoxy) is 1. The molecular weight excluding hydrogens is 290 g/mol. The number of rotatable bonds is 4. The normalized spacial score (nSPS) is 16.1. The highest BCUT2D eigenvalue weighted by Gasteiger charge is 2.20. The van der Waals surface area contributed by atoms with E-state index in [2.05, 4.69) is 5.10 Å². The van der Waals surface area contributed by atoms with Crippen molar-refractivity contribution in [3.05, 3.63) is 54.4 Å². The van der Waals surface area contributed by atoms with Crippen molar-refractivity contribution in [3.63, 3.8) is 0 Å². The molecule has 0 unspecified atom stereocenters. The van der Waals surface area contributed by atoms with Crippen molar-refractivity contribution < 1.29 is 9.53 Å². The third-order valence-corrected chi connectivity index (χ3v) is 4.13. The van der Waals surface area contributed by atoms with Crippen LogP contribution in [0.5, 0.6) is 0 Å². The van der Waals surface area contributed by atoms with Crippen LogP contribution in [0.1, 0.15) is 18.4 Å². The fourth-order valence-corrected chi connectivity index (χ4v) is 2.73. The van der Waals surface area contributed by atoms with E-state index < -0.39 is 0 Å². The van der Waals surface area contributed by atoms with E-state index in [1.165, 1.54) is 0 Å². The van der Waals surface area contributed by atoms with Crippen molar-refractivity contribution in [2.45, 2.75) is 18.9 Å². The van der Waals surface area contributed by atoms with Gasteiger partial charge in [0.2, 0.25) is 5.91 Å². The van der Waals surface area contributed by atoms with E-state index in [4.69, 9.17) is 4.74 Å². The highest BCUT2D eigenvalue weighted by Crippen LogP contribution is 2.14. The second-order valence-corrected chi connectivity index (χ2v) is 5.65. The zero-order chi connectivity index (χ0) is 16.1. The molecule has 5 heteroatoms. The van der Waals surface area contributed by atoms with Gasteiger partial charge in [-0.15, -0.1) is 0 Å². The highest BCUT2D eigenvalue weighted by atomic mass is 16.5. The van der Waals surface area contributed by atoms with Gasteiger partial charge in [-0.2, -0.15) is 5.10 Å². The van der Waals surface area contributed by atoms with Crippen LogP contribution in [0.3, 0.4) is 0 Å². The van der Waals surface area contributed by atoms with Gasteiger partial charge in [0, 0.05) is 38.0 Å². The number of hydrogen-bond donors (Lipinski definition) is 0. The van der Waals surface area contributed by atoms with E-state index in [1.54, 1.807) is 24.1 Å². The maximum Gasteiger partial charge on any atom is 0.246 e. The first kappa shape index (κ1) is 15.5. The Balaban J connectivity index is 1.60. The largest absolute Gasteiger partial charge is 0.381 e. The van der Waals surface area contributed by atoms with Gasteiger partial charge >= 0.3 is 0 Å². The number of benzene rings is 1. The lowest BCUT2D eigenvalue weighted by Crippen LogP contribution is -2.39. The summed E-state index contributed by atoms with van der Waals surface area (Å²) in [6.07, 6.45) is 9.21. The predicted octanol–water partition coefficient (Wildman–Crippen LogP) is 2.52. The van der Waals surface area contributed by atoms with Crippen molar-refractivity contribution in [1.29, 1.82) is 0 Å². The molecule has 0 bridgehead atoms. The molecule has 120 valence electrons. The summed E-state index contributed by atoms with van der Waals surface area (Å²) in [5, 5.41) is 4.32. The maximum absolute atomic E-state index is 12.2. The molecule has 2 heterocycles. The Morgan fingerprint density at radius 1 is 1.26 bits per heavy atom. The Hall–Kier alpha value is -2.40. The summed E-state index contributed by atoms with van der Waals surface area (Å²) in [5.74, 6) is 0.0482. The van der Waals surface area contributed by atoms with Crippen molar-refractivity contribution in [2.24, 2.45) is 0 Å². The molecule has 3 rings (SSSR count). The second kappa shape index (κ2) is 7.24. The van der Waals surface area contributed by atoms with Crippen molar-refractivity contribution in [2.75, 3.05) is 20.2 Å². The van der Waals surface area contributed by atoms with E-state index in [0.717, 1.165) is 37.2 Å². The molecule has 0 spiro atoms. The Labute approximate surface area is 136 Å². The molecule has 0 radical (unpaired) electrons. The number of aromatic nitrogens is 2. The number of piperidine rings is 1. The Kier molecular flexibility index (Phi) is 4.88. The summed E-state index contributed by atoms with van der Waals surface area (Å²) >= 11 is 0. The van der Waals surface area contributed by atoms with Gasteiger partial charge in [-0.3, -0.25) is 4.79 Å². The molecule has 1 aromatic carbocycles. The number of likely N-dealkylation sites (tertiary alicyclic amines) is 1. The zero-order valence-electron chi connectivity index (χ0n) is 13.3. The summed E-state index contributed by atoms with van der Waals surface area (Å²) in [7, 11) is 1.73. The fraction of sp³-hybridized carbons (Fsp3) is 0.333. The molecule has 2 aromatic rings. The molecule has 23 heavy (non-hydrogen) atoms. The van der Waals surface area contributed by atoms with Crippen molar-refractivity contribution in [3.8, 4) is 5.69 Å². The molecular formula is C18H21N3O2. The summed E-state index contributed by atoms with van der Waals surface area (Å²) in [6.45, 7) is 1.51. The van der Waals surface area contributed by atoms with Crippen LogP contribution in [0.15, 0.2) is 48.8 Å². The van der Waals surface area contributed by atoms with Crippen LogP contribution in [0, 0.1) is 0 Å². The molecule has 1 aliphatic rings. The molecule has 1 amide bonds.